The van der Waals surface area contributed by atoms with Crippen LogP contribution in [0.2, 0.25) is 0 Å². The average Bonchev–Trinajstić information content (AvgIpc) is 2.85. The number of carbonyl (C=O) groups is 1. The molecule has 0 aromatic carbocycles. The quantitative estimate of drug-likeness (QED) is 0.432. The van der Waals surface area contributed by atoms with Gasteiger partial charge in [-0.2, -0.15) is 0 Å². The minimum absolute atomic E-state index is 0.134. The molecule has 2 heterocycles. The van der Waals surface area contributed by atoms with E-state index in [0.29, 0.717) is 24.6 Å². The maximum atomic E-state index is 11.5. The Bertz CT molecular complexity index is 786. The number of nitrogens with one attached hydrogen (secondary N) is 1. The molecule has 0 amide bonds. The van der Waals surface area contributed by atoms with E-state index < -0.39 is 10.0 Å². The molecule has 126 valence electrons. The Balaban J connectivity index is 2.05. The third-order valence-corrected chi connectivity index (χ3v) is 4.62. The van der Waals surface area contributed by atoms with Crippen LogP contribution < -0.4 is 4.72 Å². The number of aromatic nitrogens is 2. The predicted octanol–water partition coefficient (Wildman–Crippen LogP) is 1.08. The van der Waals surface area contributed by atoms with Crippen molar-refractivity contribution in [3.8, 4) is 0 Å². The fraction of sp³-hybridized carbons (Fsp3) is 0.429. The van der Waals surface area contributed by atoms with Crippen molar-refractivity contribution >= 4 is 33.4 Å². The van der Waals surface area contributed by atoms with Crippen LogP contribution >= 0.6 is 11.8 Å². The normalized spacial score (nSPS) is 11.7. The van der Waals surface area contributed by atoms with Crippen molar-refractivity contribution < 1.29 is 17.9 Å². The first-order valence-corrected chi connectivity index (χ1v) is 9.97. The number of rotatable bonds is 8. The van der Waals surface area contributed by atoms with E-state index in [4.69, 9.17) is 4.74 Å². The van der Waals surface area contributed by atoms with E-state index in [1.807, 2.05) is 22.6 Å². The molecule has 2 rings (SSSR count). The molecule has 0 aliphatic heterocycles. The zero-order valence-electron chi connectivity index (χ0n) is 13.0. The molecule has 0 bridgehead atoms. The summed E-state index contributed by atoms with van der Waals surface area (Å²) in [5.41, 5.74) is 1.39. The van der Waals surface area contributed by atoms with E-state index in [-0.39, 0.29) is 12.4 Å². The summed E-state index contributed by atoms with van der Waals surface area (Å²) in [4.78, 5) is 15.9. The maximum Gasteiger partial charge on any atom is 0.311 e. The maximum absolute atomic E-state index is 11.5. The molecule has 23 heavy (non-hydrogen) atoms. The van der Waals surface area contributed by atoms with Crippen LogP contribution in [0.15, 0.2) is 29.4 Å². The summed E-state index contributed by atoms with van der Waals surface area (Å²) in [5.74, 6) is 0.292. The summed E-state index contributed by atoms with van der Waals surface area (Å²) < 4.78 is 31.3. The molecule has 0 aliphatic rings. The van der Waals surface area contributed by atoms with Gasteiger partial charge in [0.25, 0.3) is 0 Å². The number of imidazole rings is 1. The van der Waals surface area contributed by atoms with Crippen molar-refractivity contribution in [1.82, 2.24) is 14.1 Å². The second-order valence-electron chi connectivity index (χ2n) is 4.82. The van der Waals surface area contributed by atoms with E-state index in [9.17, 15) is 13.2 Å². The fourth-order valence-corrected chi connectivity index (χ4v) is 3.46. The zero-order chi connectivity index (χ0) is 16.9. The van der Waals surface area contributed by atoms with Crippen LogP contribution in [-0.2, 0) is 26.0 Å². The van der Waals surface area contributed by atoms with E-state index in [1.165, 1.54) is 11.8 Å². The highest BCUT2D eigenvalue weighted by atomic mass is 32.2. The number of ether oxygens (including phenoxy) is 1. The molecule has 0 saturated heterocycles. The number of thioether (sulfide) groups is 1. The van der Waals surface area contributed by atoms with Gasteiger partial charge in [0.15, 0.2) is 0 Å². The van der Waals surface area contributed by atoms with Crippen molar-refractivity contribution in [2.45, 2.75) is 18.4 Å². The van der Waals surface area contributed by atoms with Gasteiger partial charge in [-0.25, -0.2) is 18.1 Å². The topological polar surface area (TPSA) is 89.8 Å². The Morgan fingerprint density at radius 1 is 1.43 bits per heavy atom. The number of esters is 1. The molecule has 0 spiro atoms. The zero-order valence-corrected chi connectivity index (χ0v) is 14.6. The van der Waals surface area contributed by atoms with Gasteiger partial charge in [-0.1, -0.05) is 6.07 Å². The van der Waals surface area contributed by atoms with Crippen molar-refractivity contribution in [3.05, 3.63) is 30.1 Å². The Kier molecular flexibility index (Phi) is 6.03. The third-order valence-electron chi connectivity index (χ3n) is 2.85. The Morgan fingerprint density at radius 3 is 2.91 bits per heavy atom. The van der Waals surface area contributed by atoms with E-state index in [0.717, 1.165) is 16.9 Å². The first-order chi connectivity index (χ1) is 10.9. The van der Waals surface area contributed by atoms with Gasteiger partial charge in [-0.15, -0.1) is 11.8 Å². The Hall–Kier alpha value is -1.58. The van der Waals surface area contributed by atoms with Gasteiger partial charge in [-0.3, -0.25) is 9.20 Å². The van der Waals surface area contributed by atoms with Gasteiger partial charge in [0.1, 0.15) is 5.65 Å². The van der Waals surface area contributed by atoms with Crippen LogP contribution in [0.3, 0.4) is 0 Å². The molecule has 0 radical (unpaired) electrons. The lowest BCUT2D eigenvalue weighted by Crippen LogP contribution is -2.24. The van der Waals surface area contributed by atoms with Crippen molar-refractivity contribution in [3.63, 3.8) is 0 Å². The average molecular weight is 357 g/mol. The van der Waals surface area contributed by atoms with Crippen LogP contribution in [0, 0.1) is 0 Å². The molecule has 0 unspecified atom stereocenters. The summed E-state index contributed by atoms with van der Waals surface area (Å²) >= 11 is 1.51. The largest absolute Gasteiger partial charge is 0.466 e. The van der Waals surface area contributed by atoms with Crippen LogP contribution in [0.1, 0.15) is 12.6 Å². The third kappa shape index (κ3) is 5.52. The lowest BCUT2D eigenvalue weighted by Gasteiger charge is -2.05. The smallest absolute Gasteiger partial charge is 0.311 e. The molecule has 7 nitrogen and oxygen atoms in total. The summed E-state index contributed by atoms with van der Waals surface area (Å²) in [6.07, 6.45) is 3.07. The minimum atomic E-state index is -3.17. The molecular formula is C14H19N3O4S2. The standard InChI is InChI=1S/C14H19N3O4S2/c1-3-21-14(18)9-11-10-17-12(16-11)5-4-6-13(17)22-8-7-15-23(2,19)20/h4-6,10,15H,3,7-9H2,1-2H3. The first kappa shape index (κ1) is 17.8. The minimum Gasteiger partial charge on any atom is -0.466 e. The molecule has 0 aliphatic carbocycles. The van der Waals surface area contributed by atoms with Gasteiger partial charge in [0, 0.05) is 18.5 Å². The van der Waals surface area contributed by atoms with Gasteiger partial charge in [-0.05, 0) is 19.1 Å². The Labute approximate surface area is 139 Å². The Morgan fingerprint density at radius 2 is 2.22 bits per heavy atom. The fourth-order valence-electron chi connectivity index (χ4n) is 1.98. The number of carbonyl (C=O) groups excluding carboxylic acids is 1. The molecule has 2 aromatic heterocycles. The lowest BCUT2D eigenvalue weighted by molar-refractivity contribution is -0.142. The number of hydrogen-bond donors (Lipinski definition) is 1. The van der Waals surface area contributed by atoms with Gasteiger partial charge in [0.05, 0.1) is 30.0 Å². The van der Waals surface area contributed by atoms with Crippen LogP contribution in [0.5, 0.6) is 0 Å². The molecule has 1 N–H and O–H groups in total. The number of sulfonamides is 1. The van der Waals surface area contributed by atoms with Crippen LogP contribution in [0.25, 0.3) is 5.65 Å². The number of pyridine rings is 1. The number of hydrogen-bond acceptors (Lipinski definition) is 6. The summed E-state index contributed by atoms with van der Waals surface area (Å²) in [6, 6.07) is 5.66. The highest BCUT2D eigenvalue weighted by Crippen LogP contribution is 2.20. The van der Waals surface area contributed by atoms with Gasteiger partial charge in [0.2, 0.25) is 10.0 Å². The highest BCUT2D eigenvalue weighted by Gasteiger charge is 2.10. The van der Waals surface area contributed by atoms with E-state index in [1.54, 1.807) is 13.1 Å². The molecule has 2 aromatic rings. The predicted molar refractivity (Wildman–Crippen MR) is 89.1 cm³/mol. The van der Waals surface area contributed by atoms with Crippen LogP contribution in [0.4, 0.5) is 0 Å². The lowest BCUT2D eigenvalue weighted by atomic mass is 10.3. The molecule has 0 atom stereocenters. The van der Waals surface area contributed by atoms with Crippen molar-refractivity contribution in [1.29, 1.82) is 0 Å². The van der Waals surface area contributed by atoms with E-state index in [2.05, 4.69) is 9.71 Å². The van der Waals surface area contributed by atoms with Crippen LogP contribution in [-0.4, -0.2) is 48.9 Å². The summed E-state index contributed by atoms with van der Waals surface area (Å²) in [5, 5.41) is 0.931. The van der Waals surface area contributed by atoms with Crippen molar-refractivity contribution in [2.24, 2.45) is 0 Å². The van der Waals surface area contributed by atoms with Crippen molar-refractivity contribution in [2.75, 3.05) is 25.2 Å². The monoisotopic (exact) mass is 357 g/mol. The second kappa shape index (κ2) is 7.80. The molecule has 9 heteroatoms. The second-order valence-corrected chi connectivity index (χ2v) is 7.77. The molecular weight excluding hydrogens is 338 g/mol. The SMILES string of the molecule is CCOC(=O)Cc1cn2c(SCCNS(C)(=O)=O)cccc2n1. The summed E-state index contributed by atoms with van der Waals surface area (Å²) in [7, 11) is -3.17. The van der Waals surface area contributed by atoms with Gasteiger partial charge < -0.3 is 4.74 Å². The van der Waals surface area contributed by atoms with E-state index >= 15 is 0 Å². The highest BCUT2D eigenvalue weighted by molar-refractivity contribution is 7.99. The number of nitrogens with zero attached hydrogens (tertiary/aromatic N) is 2. The number of fused-ring (bicyclic) bond motifs is 1. The first-order valence-electron chi connectivity index (χ1n) is 7.09. The summed E-state index contributed by atoms with van der Waals surface area (Å²) in [6.45, 7) is 2.46. The molecule has 0 fully saturated rings. The van der Waals surface area contributed by atoms with Gasteiger partial charge >= 0.3 is 5.97 Å². The molecule has 0 saturated carbocycles.